The van der Waals surface area contributed by atoms with Gasteiger partial charge in [-0.15, -0.1) is 0 Å². The van der Waals surface area contributed by atoms with Crippen LogP contribution in [0.4, 0.5) is 0 Å². The van der Waals surface area contributed by atoms with E-state index in [9.17, 15) is 9.59 Å². The Morgan fingerprint density at radius 2 is 1.93 bits per heavy atom. The van der Waals surface area contributed by atoms with Crippen molar-refractivity contribution < 1.29 is 9.59 Å². The fourth-order valence-corrected chi connectivity index (χ4v) is 1.90. The lowest BCUT2D eigenvalue weighted by Gasteiger charge is -2.20. The van der Waals surface area contributed by atoms with Crippen molar-refractivity contribution in [3.8, 4) is 0 Å². The maximum absolute atomic E-state index is 11.8. The molecule has 1 saturated heterocycles. The summed E-state index contributed by atoms with van der Waals surface area (Å²) in [5.41, 5.74) is -0.101. The van der Waals surface area contributed by atoms with Gasteiger partial charge in [0.05, 0.1) is 5.92 Å². The fourth-order valence-electron chi connectivity index (χ4n) is 1.90. The molecule has 80 valence electrons. The first kappa shape index (κ1) is 11.2. The third-order valence-electron chi connectivity index (χ3n) is 2.69. The zero-order valence-electron chi connectivity index (χ0n) is 9.39. The minimum Gasteiger partial charge on any atom is -0.355 e. The molecule has 1 fully saturated rings. The number of hydrogen-bond donors (Lipinski definition) is 1. The van der Waals surface area contributed by atoms with Gasteiger partial charge in [0.25, 0.3) is 0 Å². The lowest BCUT2D eigenvalue weighted by Crippen LogP contribution is -2.36. The molecule has 14 heavy (non-hydrogen) atoms. The van der Waals surface area contributed by atoms with Crippen LogP contribution in [0.15, 0.2) is 0 Å². The van der Waals surface area contributed by atoms with Gasteiger partial charge in [0.15, 0.2) is 0 Å². The smallest absolute Gasteiger partial charge is 0.230 e. The first-order chi connectivity index (χ1) is 6.33. The molecule has 0 radical (unpaired) electrons. The Bertz CT molecular complexity index is 256. The highest BCUT2D eigenvalue weighted by molar-refractivity contribution is 6.02. The average Bonchev–Trinajstić information content (AvgIpc) is 2.07. The second-order valence-electron chi connectivity index (χ2n) is 5.25. The second-order valence-corrected chi connectivity index (χ2v) is 5.25. The lowest BCUT2D eigenvalue weighted by molar-refractivity contribution is -0.134. The third-order valence-corrected chi connectivity index (χ3v) is 2.69. The van der Waals surface area contributed by atoms with Crippen molar-refractivity contribution in [3.63, 3.8) is 0 Å². The van der Waals surface area contributed by atoms with E-state index in [0.29, 0.717) is 13.0 Å². The minimum atomic E-state index is -0.447. The standard InChI is InChI=1S/C11H19NO2/c1-7(2)9-8(13)5-11(3,4)6-12-10(9)14/h7,9H,5-6H2,1-4H3,(H,12,14). The van der Waals surface area contributed by atoms with Gasteiger partial charge in [-0.05, 0) is 11.3 Å². The maximum Gasteiger partial charge on any atom is 0.230 e. The van der Waals surface area contributed by atoms with Crippen molar-refractivity contribution in [3.05, 3.63) is 0 Å². The van der Waals surface area contributed by atoms with Crippen LogP contribution in [-0.4, -0.2) is 18.2 Å². The van der Waals surface area contributed by atoms with Gasteiger partial charge in [-0.3, -0.25) is 9.59 Å². The summed E-state index contributed by atoms with van der Waals surface area (Å²) >= 11 is 0. The van der Waals surface area contributed by atoms with Crippen molar-refractivity contribution >= 4 is 11.7 Å². The van der Waals surface area contributed by atoms with Crippen LogP contribution >= 0.6 is 0 Å². The molecule has 0 bridgehead atoms. The van der Waals surface area contributed by atoms with Gasteiger partial charge in [0, 0.05) is 13.0 Å². The molecule has 0 spiro atoms. The minimum absolute atomic E-state index is 0.0833. The molecule has 1 aliphatic heterocycles. The highest BCUT2D eigenvalue weighted by Gasteiger charge is 2.37. The van der Waals surface area contributed by atoms with Gasteiger partial charge in [-0.2, -0.15) is 0 Å². The molecule has 0 aromatic rings. The van der Waals surface area contributed by atoms with Crippen LogP contribution in [0, 0.1) is 17.3 Å². The number of nitrogens with one attached hydrogen (secondary N) is 1. The zero-order valence-corrected chi connectivity index (χ0v) is 9.39. The van der Waals surface area contributed by atoms with E-state index in [0.717, 1.165) is 0 Å². The maximum atomic E-state index is 11.8. The molecule has 0 aliphatic carbocycles. The van der Waals surface area contributed by atoms with Crippen LogP contribution in [0.2, 0.25) is 0 Å². The number of Topliss-reactive ketones (excluding diaryl/α,β-unsaturated/α-hetero) is 1. The van der Waals surface area contributed by atoms with Crippen LogP contribution in [0.5, 0.6) is 0 Å². The SMILES string of the molecule is CC(C)C1C(=O)CC(C)(C)CNC1=O. The molecule has 1 unspecified atom stereocenters. The van der Waals surface area contributed by atoms with Gasteiger partial charge >= 0.3 is 0 Å². The molecule has 1 N–H and O–H groups in total. The van der Waals surface area contributed by atoms with Crippen LogP contribution in [0.1, 0.15) is 34.1 Å². The molecule has 1 heterocycles. The lowest BCUT2D eigenvalue weighted by atomic mass is 9.82. The van der Waals surface area contributed by atoms with E-state index in [1.807, 2.05) is 27.7 Å². The summed E-state index contributed by atoms with van der Waals surface area (Å²) in [6.45, 7) is 8.45. The van der Waals surface area contributed by atoms with Crippen LogP contribution in [0.3, 0.4) is 0 Å². The Balaban J connectivity index is 2.88. The summed E-state index contributed by atoms with van der Waals surface area (Å²) in [7, 11) is 0. The first-order valence-corrected chi connectivity index (χ1v) is 5.14. The number of rotatable bonds is 1. The van der Waals surface area contributed by atoms with Gasteiger partial charge in [0.2, 0.25) is 5.91 Å². The molecule has 1 rings (SSSR count). The summed E-state index contributed by atoms with van der Waals surface area (Å²) in [6, 6.07) is 0. The van der Waals surface area contributed by atoms with E-state index in [1.54, 1.807) is 0 Å². The molecule has 3 heteroatoms. The molecule has 0 saturated carbocycles. The summed E-state index contributed by atoms with van der Waals surface area (Å²) in [5, 5.41) is 2.84. The first-order valence-electron chi connectivity index (χ1n) is 5.14. The average molecular weight is 197 g/mol. The van der Waals surface area contributed by atoms with E-state index < -0.39 is 5.92 Å². The molecule has 1 amide bonds. The molecule has 3 nitrogen and oxygen atoms in total. The molecule has 0 aromatic heterocycles. The van der Waals surface area contributed by atoms with Crippen molar-refractivity contribution in [1.29, 1.82) is 0 Å². The third kappa shape index (κ3) is 2.34. The van der Waals surface area contributed by atoms with E-state index in [4.69, 9.17) is 0 Å². The fraction of sp³-hybridized carbons (Fsp3) is 0.818. The summed E-state index contributed by atoms with van der Waals surface area (Å²) in [6.07, 6.45) is 0.495. The molecule has 0 aromatic carbocycles. The van der Waals surface area contributed by atoms with Crippen LogP contribution < -0.4 is 5.32 Å². The summed E-state index contributed by atoms with van der Waals surface area (Å²) in [4.78, 5) is 23.4. The Morgan fingerprint density at radius 3 is 2.43 bits per heavy atom. The van der Waals surface area contributed by atoms with Gasteiger partial charge < -0.3 is 5.32 Å². The number of carbonyl (C=O) groups is 2. The highest BCUT2D eigenvalue weighted by Crippen LogP contribution is 2.27. The van der Waals surface area contributed by atoms with Crippen LogP contribution in [0.25, 0.3) is 0 Å². The quantitative estimate of drug-likeness (QED) is 0.645. The summed E-state index contributed by atoms with van der Waals surface area (Å²) < 4.78 is 0. The van der Waals surface area contributed by atoms with E-state index in [2.05, 4.69) is 5.32 Å². The highest BCUT2D eigenvalue weighted by atomic mass is 16.2. The number of carbonyl (C=O) groups excluding carboxylic acids is 2. The Labute approximate surface area is 85.3 Å². The molecule has 1 atom stereocenters. The zero-order chi connectivity index (χ0) is 10.9. The van der Waals surface area contributed by atoms with Crippen molar-refractivity contribution in [2.24, 2.45) is 17.3 Å². The van der Waals surface area contributed by atoms with E-state index >= 15 is 0 Å². The monoisotopic (exact) mass is 197 g/mol. The number of ketones is 1. The predicted octanol–water partition coefficient (Wildman–Crippen LogP) is 1.37. The Kier molecular flexibility index (Phi) is 2.98. The normalized spacial score (nSPS) is 27.4. The topological polar surface area (TPSA) is 46.2 Å². The number of hydrogen-bond acceptors (Lipinski definition) is 2. The van der Waals surface area contributed by atoms with Gasteiger partial charge in [-0.25, -0.2) is 0 Å². The van der Waals surface area contributed by atoms with E-state index in [1.165, 1.54) is 0 Å². The van der Waals surface area contributed by atoms with Gasteiger partial charge in [-0.1, -0.05) is 27.7 Å². The Hall–Kier alpha value is -0.860. The predicted molar refractivity (Wildman–Crippen MR) is 54.7 cm³/mol. The second kappa shape index (κ2) is 3.71. The molecular weight excluding hydrogens is 178 g/mol. The van der Waals surface area contributed by atoms with Crippen molar-refractivity contribution in [2.45, 2.75) is 34.1 Å². The largest absolute Gasteiger partial charge is 0.355 e. The van der Waals surface area contributed by atoms with E-state index in [-0.39, 0.29) is 23.0 Å². The Morgan fingerprint density at radius 1 is 1.36 bits per heavy atom. The molecule has 1 aliphatic rings. The van der Waals surface area contributed by atoms with Crippen LogP contribution in [-0.2, 0) is 9.59 Å². The van der Waals surface area contributed by atoms with Gasteiger partial charge in [0.1, 0.15) is 5.78 Å². The van der Waals surface area contributed by atoms with Crippen molar-refractivity contribution in [1.82, 2.24) is 5.32 Å². The number of amides is 1. The molecular formula is C11H19NO2. The van der Waals surface area contributed by atoms with Crippen molar-refractivity contribution in [2.75, 3.05) is 6.54 Å². The summed E-state index contributed by atoms with van der Waals surface area (Å²) in [5.74, 6) is -0.372.